The van der Waals surface area contributed by atoms with Crippen molar-refractivity contribution in [2.24, 2.45) is 5.41 Å². The first kappa shape index (κ1) is 13.9. The predicted octanol–water partition coefficient (Wildman–Crippen LogP) is 2.39. The van der Waals surface area contributed by atoms with Gasteiger partial charge in [-0.2, -0.15) is 0 Å². The first-order valence-corrected chi connectivity index (χ1v) is 6.85. The molecule has 2 aromatic rings. The Hall–Kier alpha value is -2.02. The Balaban J connectivity index is 1.94. The minimum absolute atomic E-state index is 0.0128. The molecule has 1 aromatic carbocycles. The van der Waals surface area contributed by atoms with Crippen LogP contribution >= 0.6 is 11.6 Å². The van der Waals surface area contributed by atoms with E-state index in [2.05, 4.69) is 15.5 Å². The summed E-state index contributed by atoms with van der Waals surface area (Å²) in [5, 5.41) is 20.6. The first-order valence-electron chi connectivity index (χ1n) is 6.47. The highest BCUT2D eigenvalue weighted by atomic mass is 35.5. The summed E-state index contributed by atoms with van der Waals surface area (Å²) in [7, 11) is 0. The molecule has 1 heterocycles. The van der Waals surface area contributed by atoms with E-state index in [9.17, 15) is 14.3 Å². The molecule has 1 saturated carbocycles. The summed E-state index contributed by atoms with van der Waals surface area (Å²) in [5.41, 5.74) is -0.364. The molecule has 1 aliphatic rings. The van der Waals surface area contributed by atoms with E-state index in [-0.39, 0.29) is 11.6 Å². The average molecular weight is 311 g/mol. The minimum atomic E-state index is -0.850. The quantitative estimate of drug-likeness (QED) is 0.937. The van der Waals surface area contributed by atoms with Crippen LogP contribution in [-0.2, 0) is 11.3 Å². The number of tetrazole rings is 1. The molecular weight excluding hydrogens is 299 g/mol. The standard InChI is InChI=1S/C13H12ClFN4O2/c14-9-3-2-8(6-10(9)15)11-16-17-18-19(11)7-13(12(20)21)4-1-5-13/h2-3,6H,1,4-5,7H2,(H,20,21). The number of carboxylic acids is 1. The van der Waals surface area contributed by atoms with Crippen LogP contribution in [0.25, 0.3) is 11.4 Å². The van der Waals surface area contributed by atoms with E-state index in [1.807, 2.05) is 0 Å². The smallest absolute Gasteiger partial charge is 0.311 e. The summed E-state index contributed by atoms with van der Waals surface area (Å²) in [6.45, 7) is 0.176. The molecular formula is C13H12ClFN4O2. The summed E-state index contributed by atoms with van der Waals surface area (Å²) >= 11 is 5.65. The number of benzene rings is 1. The number of aliphatic carboxylic acids is 1. The molecule has 0 radical (unpaired) electrons. The van der Waals surface area contributed by atoms with Crippen molar-refractivity contribution in [1.82, 2.24) is 20.2 Å². The van der Waals surface area contributed by atoms with Crippen molar-refractivity contribution < 1.29 is 14.3 Å². The monoisotopic (exact) mass is 310 g/mol. The van der Waals surface area contributed by atoms with E-state index in [4.69, 9.17) is 11.6 Å². The van der Waals surface area contributed by atoms with Gasteiger partial charge >= 0.3 is 5.97 Å². The van der Waals surface area contributed by atoms with Gasteiger partial charge < -0.3 is 5.11 Å². The lowest BCUT2D eigenvalue weighted by molar-refractivity contribution is -0.156. The number of carboxylic acid groups (broad SMARTS) is 1. The summed E-state index contributed by atoms with van der Waals surface area (Å²) in [4.78, 5) is 11.4. The molecule has 1 aliphatic carbocycles. The molecule has 8 heteroatoms. The molecule has 21 heavy (non-hydrogen) atoms. The fourth-order valence-electron chi connectivity index (χ4n) is 2.48. The lowest BCUT2D eigenvalue weighted by Gasteiger charge is -2.37. The maximum Gasteiger partial charge on any atom is 0.311 e. The second kappa shape index (κ2) is 5.07. The van der Waals surface area contributed by atoms with Crippen molar-refractivity contribution >= 4 is 17.6 Å². The molecule has 1 aromatic heterocycles. The van der Waals surface area contributed by atoms with Gasteiger partial charge in [-0.1, -0.05) is 18.0 Å². The summed E-state index contributed by atoms with van der Waals surface area (Å²) < 4.78 is 15.0. The van der Waals surface area contributed by atoms with E-state index in [1.54, 1.807) is 6.07 Å². The minimum Gasteiger partial charge on any atom is -0.481 e. The van der Waals surface area contributed by atoms with Gasteiger partial charge in [0.2, 0.25) is 0 Å². The molecule has 3 rings (SSSR count). The number of hydrogen-bond donors (Lipinski definition) is 1. The average Bonchev–Trinajstić information content (AvgIpc) is 2.84. The molecule has 0 saturated heterocycles. The number of nitrogens with zero attached hydrogens (tertiary/aromatic N) is 4. The molecule has 0 unspecified atom stereocenters. The van der Waals surface area contributed by atoms with Gasteiger partial charge in [0.25, 0.3) is 0 Å². The Labute approximate surface area is 124 Å². The normalized spacial score (nSPS) is 16.5. The second-order valence-corrected chi connectivity index (χ2v) is 5.64. The van der Waals surface area contributed by atoms with Crippen LogP contribution in [0.1, 0.15) is 19.3 Å². The van der Waals surface area contributed by atoms with Crippen molar-refractivity contribution in [2.75, 3.05) is 0 Å². The van der Waals surface area contributed by atoms with Gasteiger partial charge in [0.05, 0.1) is 17.0 Å². The third-order valence-corrected chi connectivity index (χ3v) is 4.23. The third kappa shape index (κ3) is 2.37. The molecule has 0 bridgehead atoms. The van der Waals surface area contributed by atoms with Crippen molar-refractivity contribution in [3.05, 3.63) is 29.0 Å². The third-order valence-electron chi connectivity index (χ3n) is 3.93. The summed E-state index contributed by atoms with van der Waals surface area (Å²) in [6, 6.07) is 4.25. The highest BCUT2D eigenvalue weighted by Gasteiger charge is 2.45. The van der Waals surface area contributed by atoms with Crippen LogP contribution in [0.5, 0.6) is 0 Å². The van der Waals surface area contributed by atoms with Crippen LogP contribution in [0.3, 0.4) is 0 Å². The summed E-state index contributed by atoms with van der Waals surface area (Å²) in [6.07, 6.45) is 2.06. The van der Waals surface area contributed by atoms with Gasteiger partial charge in [-0.25, -0.2) is 9.07 Å². The molecule has 0 amide bonds. The zero-order valence-electron chi connectivity index (χ0n) is 11.0. The van der Waals surface area contributed by atoms with Gasteiger partial charge in [-0.3, -0.25) is 4.79 Å². The highest BCUT2D eigenvalue weighted by Crippen LogP contribution is 2.43. The Morgan fingerprint density at radius 3 is 2.81 bits per heavy atom. The lowest BCUT2D eigenvalue weighted by atomic mass is 9.69. The van der Waals surface area contributed by atoms with Crippen LogP contribution in [0, 0.1) is 11.2 Å². The van der Waals surface area contributed by atoms with E-state index in [1.165, 1.54) is 16.8 Å². The number of carbonyl (C=O) groups is 1. The zero-order chi connectivity index (χ0) is 15.0. The van der Waals surface area contributed by atoms with Crippen molar-refractivity contribution in [2.45, 2.75) is 25.8 Å². The first-order chi connectivity index (χ1) is 10.0. The number of aromatic nitrogens is 4. The van der Waals surface area contributed by atoms with E-state index in [0.717, 1.165) is 6.42 Å². The number of hydrogen-bond acceptors (Lipinski definition) is 4. The summed E-state index contributed by atoms with van der Waals surface area (Å²) in [5.74, 6) is -1.09. The highest BCUT2D eigenvalue weighted by molar-refractivity contribution is 6.30. The largest absolute Gasteiger partial charge is 0.481 e. The molecule has 0 atom stereocenters. The van der Waals surface area contributed by atoms with E-state index in [0.29, 0.717) is 24.2 Å². The topological polar surface area (TPSA) is 80.9 Å². The van der Waals surface area contributed by atoms with E-state index >= 15 is 0 Å². The SMILES string of the molecule is O=C(O)C1(Cn2nnnc2-c2ccc(Cl)c(F)c2)CCC1. The maximum atomic E-state index is 13.5. The van der Waals surface area contributed by atoms with Crippen molar-refractivity contribution in [1.29, 1.82) is 0 Å². The molecule has 0 aliphatic heterocycles. The van der Waals surface area contributed by atoms with Gasteiger partial charge in [-0.15, -0.1) is 5.10 Å². The maximum absolute atomic E-state index is 13.5. The van der Waals surface area contributed by atoms with Crippen LogP contribution in [0.15, 0.2) is 18.2 Å². The Morgan fingerprint density at radius 1 is 1.48 bits per heavy atom. The van der Waals surface area contributed by atoms with Crippen LogP contribution in [-0.4, -0.2) is 31.3 Å². The Bertz CT molecular complexity index is 699. The number of rotatable bonds is 4. The van der Waals surface area contributed by atoms with Crippen LogP contribution < -0.4 is 0 Å². The predicted molar refractivity (Wildman–Crippen MR) is 72.1 cm³/mol. The lowest BCUT2D eigenvalue weighted by Crippen LogP contribution is -2.42. The Morgan fingerprint density at radius 2 is 2.24 bits per heavy atom. The van der Waals surface area contributed by atoms with Crippen molar-refractivity contribution in [3.63, 3.8) is 0 Å². The molecule has 110 valence electrons. The molecule has 0 spiro atoms. The second-order valence-electron chi connectivity index (χ2n) is 5.23. The van der Waals surface area contributed by atoms with Gasteiger partial charge in [0.1, 0.15) is 5.82 Å². The van der Waals surface area contributed by atoms with Gasteiger partial charge in [-0.05, 0) is 41.5 Å². The van der Waals surface area contributed by atoms with Crippen LogP contribution in [0.4, 0.5) is 4.39 Å². The fraction of sp³-hybridized carbons (Fsp3) is 0.385. The molecule has 1 fully saturated rings. The van der Waals surface area contributed by atoms with E-state index < -0.39 is 17.2 Å². The molecule has 6 nitrogen and oxygen atoms in total. The Kier molecular flexibility index (Phi) is 3.36. The van der Waals surface area contributed by atoms with Gasteiger partial charge in [0, 0.05) is 5.56 Å². The zero-order valence-corrected chi connectivity index (χ0v) is 11.7. The fourth-order valence-corrected chi connectivity index (χ4v) is 2.60. The van der Waals surface area contributed by atoms with Crippen molar-refractivity contribution in [3.8, 4) is 11.4 Å². The van der Waals surface area contributed by atoms with Gasteiger partial charge in [0.15, 0.2) is 5.82 Å². The molecule has 1 N–H and O–H groups in total. The number of halogens is 2. The van der Waals surface area contributed by atoms with Crippen LogP contribution in [0.2, 0.25) is 5.02 Å².